The number of unbranched alkanes of at least 4 members (excludes halogenated alkanes) is 31. The van der Waals surface area contributed by atoms with E-state index in [1.54, 1.807) is 0 Å². The Morgan fingerprint density at radius 1 is 0.284 bits per heavy atom. The predicted octanol–water partition coefficient (Wildman–Crippen LogP) is 23.3. The van der Waals surface area contributed by atoms with Crippen LogP contribution in [0.5, 0.6) is 0 Å². The molecule has 0 rings (SSSR count). The summed E-state index contributed by atoms with van der Waals surface area (Å²) < 4.78 is 68.6. The highest BCUT2D eigenvalue weighted by Gasteiger charge is 2.30. The minimum atomic E-state index is -4.99. The summed E-state index contributed by atoms with van der Waals surface area (Å²) in [4.78, 5) is 73.0. The molecule has 588 valence electrons. The standard InChI is InChI=1S/C83H144O17P2/c1-5-9-13-17-21-25-29-32-34-36-38-40-42-45-49-52-56-60-64-68-81(86)94-74-79(100-83(88)70-66-62-58-54-50-46-43-41-39-37-35-33-30-26-22-18-14-10-6-2)76-98-102(91,92)96-72-77(84)71-95-101(89,90)97-75-78(99-82(87)69-65-61-57-53-47-28-24-20-16-12-8-4)73-93-80(85)67-63-59-55-51-48-44-31-27-23-19-15-11-7-3/h9-10,13-14,20-22,24-26,32-35,38-41,77-79,84H,5-8,11-12,15-19,23,27-31,36-37,42-76H2,1-4H3,(H,89,90)(H,91,92)/b13-9-,14-10-,24-20-,25-21-,26-22-,34-32-,35-33-,40-38-,41-39-. The second-order valence-corrected chi connectivity index (χ2v) is 29.5. The van der Waals surface area contributed by atoms with E-state index in [-0.39, 0.29) is 25.7 Å². The van der Waals surface area contributed by atoms with Crippen LogP contribution in [0.1, 0.15) is 336 Å². The van der Waals surface area contributed by atoms with E-state index in [0.29, 0.717) is 25.7 Å². The van der Waals surface area contributed by atoms with Crippen molar-refractivity contribution in [1.82, 2.24) is 0 Å². The molecule has 0 radical (unpaired) electrons. The first kappa shape index (κ1) is 97.7. The molecule has 5 atom stereocenters. The smallest absolute Gasteiger partial charge is 0.462 e. The highest BCUT2D eigenvalue weighted by Crippen LogP contribution is 2.45. The van der Waals surface area contributed by atoms with Crippen LogP contribution in [-0.2, 0) is 65.4 Å². The van der Waals surface area contributed by atoms with Crippen LogP contribution >= 0.6 is 15.6 Å². The molecule has 0 aliphatic rings. The van der Waals surface area contributed by atoms with Gasteiger partial charge in [-0.25, -0.2) is 9.13 Å². The second kappa shape index (κ2) is 75.0. The Hall–Kier alpha value is -4.28. The lowest BCUT2D eigenvalue weighted by Crippen LogP contribution is -2.30. The molecule has 0 aromatic heterocycles. The average Bonchev–Trinajstić information content (AvgIpc) is 0.940. The highest BCUT2D eigenvalue weighted by atomic mass is 31.2. The number of hydrogen-bond acceptors (Lipinski definition) is 15. The van der Waals surface area contributed by atoms with Crippen molar-refractivity contribution < 1.29 is 80.2 Å². The van der Waals surface area contributed by atoms with E-state index in [0.717, 1.165) is 186 Å². The van der Waals surface area contributed by atoms with Gasteiger partial charge in [-0.1, -0.05) is 298 Å². The van der Waals surface area contributed by atoms with Gasteiger partial charge in [0, 0.05) is 25.7 Å². The van der Waals surface area contributed by atoms with E-state index >= 15 is 0 Å². The van der Waals surface area contributed by atoms with Gasteiger partial charge in [-0.2, -0.15) is 0 Å². The molecule has 0 fully saturated rings. The number of carbonyl (C=O) groups excluding carboxylic acids is 4. The summed E-state index contributed by atoms with van der Waals surface area (Å²) in [6.45, 7) is 4.60. The Morgan fingerprint density at radius 2 is 0.520 bits per heavy atom. The maximum absolute atomic E-state index is 13.1. The van der Waals surface area contributed by atoms with Crippen LogP contribution in [0.4, 0.5) is 0 Å². The molecule has 0 amide bonds. The molecule has 0 aromatic rings. The lowest BCUT2D eigenvalue weighted by Gasteiger charge is -2.21. The largest absolute Gasteiger partial charge is 0.472 e. The van der Waals surface area contributed by atoms with Crippen molar-refractivity contribution >= 4 is 39.5 Å². The Labute approximate surface area is 619 Å². The summed E-state index contributed by atoms with van der Waals surface area (Å²) >= 11 is 0. The van der Waals surface area contributed by atoms with Crippen LogP contribution in [0, 0.1) is 0 Å². The fraction of sp³-hybridized carbons (Fsp3) is 0.735. The summed E-state index contributed by atoms with van der Waals surface area (Å²) in [7, 11) is -9.96. The number of hydrogen-bond donors (Lipinski definition) is 3. The van der Waals surface area contributed by atoms with E-state index in [1.165, 1.54) is 70.6 Å². The second-order valence-electron chi connectivity index (χ2n) is 26.6. The molecule has 102 heavy (non-hydrogen) atoms. The third-order valence-corrected chi connectivity index (χ3v) is 18.6. The van der Waals surface area contributed by atoms with Gasteiger partial charge in [0.2, 0.25) is 0 Å². The Kier molecular flexibility index (Phi) is 71.8. The van der Waals surface area contributed by atoms with Crippen molar-refractivity contribution in [3.8, 4) is 0 Å². The van der Waals surface area contributed by atoms with Gasteiger partial charge in [0.15, 0.2) is 12.2 Å². The topological polar surface area (TPSA) is 237 Å². The Bertz CT molecular complexity index is 2360. The molecule has 0 saturated heterocycles. The molecule has 0 saturated carbocycles. The number of rotatable bonds is 75. The monoisotopic (exact) mass is 1470 g/mol. The molecule has 0 aromatic carbocycles. The molecule has 0 aliphatic heterocycles. The first-order valence-corrected chi connectivity index (χ1v) is 43.1. The quantitative estimate of drug-likeness (QED) is 0.0169. The van der Waals surface area contributed by atoms with Crippen LogP contribution in [0.15, 0.2) is 109 Å². The van der Waals surface area contributed by atoms with Crippen molar-refractivity contribution in [1.29, 1.82) is 0 Å². The summed E-state index contributed by atoms with van der Waals surface area (Å²) in [5.41, 5.74) is 0. The third kappa shape index (κ3) is 74.0. The van der Waals surface area contributed by atoms with Gasteiger partial charge >= 0.3 is 39.5 Å². The van der Waals surface area contributed by atoms with Crippen molar-refractivity contribution in [2.75, 3.05) is 39.6 Å². The maximum atomic E-state index is 13.1. The Morgan fingerprint density at radius 3 is 0.824 bits per heavy atom. The molecule has 3 N–H and O–H groups in total. The van der Waals surface area contributed by atoms with Crippen LogP contribution < -0.4 is 0 Å². The lowest BCUT2D eigenvalue weighted by molar-refractivity contribution is -0.161. The molecule has 0 bridgehead atoms. The normalized spacial score (nSPS) is 14.5. The number of aliphatic hydroxyl groups excluding tert-OH is 1. The van der Waals surface area contributed by atoms with Crippen LogP contribution in [0.2, 0.25) is 0 Å². The minimum absolute atomic E-state index is 0.0740. The average molecular weight is 1480 g/mol. The molecule has 0 spiro atoms. The van der Waals surface area contributed by atoms with Crippen molar-refractivity contribution in [3.63, 3.8) is 0 Å². The Balaban J connectivity index is 5.35. The summed E-state index contributed by atoms with van der Waals surface area (Å²) in [5.74, 6) is -2.20. The molecule has 0 aliphatic carbocycles. The van der Waals surface area contributed by atoms with Gasteiger partial charge in [0.25, 0.3) is 0 Å². The van der Waals surface area contributed by atoms with Crippen LogP contribution in [0.3, 0.4) is 0 Å². The SMILES string of the molecule is CC/C=C\C/C=C\C/C=C\C/C=C\CCCCCCCCC(=O)OCC(COP(=O)(O)OCC(O)COP(=O)(O)OCC(COC(=O)CCCCCCCCCCCCCCC)OC(=O)CCCCCCC/C=C\CCCC)OC(=O)CCCCCCCC/C=C\C/C=C\C/C=C\C/C=C\CC. The number of ether oxygens (including phenoxy) is 4. The zero-order valence-corrected chi connectivity index (χ0v) is 66.0. The van der Waals surface area contributed by atoms with Gasteiger partial charge in [0.05, 0.1) is 26.4 Å². The fourth-order valence-electron chi connectivity index (χ4n) is 10.7. The third-order valence-electron chi connectivity index (χ3n) is 16.7. The van der Waals surface area contributed by atoms with E-state index in [4.69, 9.17) is 37.0 Å². The summed E-state index contributed by atoms with van der Waals surface area (Å²) in [6.07, 6.45) is 80.7. The van der Waals surface area contributed by atoms with Crippen molar-refractivity contribution in [2.24, 2.45) is 0 Å². The van der Waals surface area contributed by atoms with Gasteiger partial charge < -0.3 is 33.8 Å². The number of carbonyl (C=O) groups is 4. The minimum Gasteiger partial charge on any atom is -0.462 e. The number of aliphatic hydroxyl groups is 1. The fourth-order valence-corrected chi connectivity index (χ4v) is 12.2. The molecule has 5 unspecified atom stereocenters. The molecular formula is C83H144O17P2. The molecular weight excluding hydrogens is 1330 g/mol. The lowest BCUT2D eigenvalue weighted by atomic mass is 10.0. The number of phosphoric ester groups is 2. The van der Waals surface area contributed by atoms with E-state index in [9.17, 15) is 43.2 Å². The van der Waals surface area contributed by atoms with Gasteiger partial charge in [-0.05, 0) is 122 Å². The summed E-state index contributed by atoms with van der Waals surface area (Å²) in [6, 6.07) is 0. The van der Waals surface area contributed by atoms with Crippen LogP contribution in [0.25, 0.3) is 0 Å². The first-order valence-electron chi connectivity index (χ1n) is 40.1. The van der Waals surface area contributed by atoms with Gasteiger partial charge in [0.1, 0.15) is 19.3 Å². The molecule has 0 heterocycles. The van der Waals surface area contributed by atoms with E-state index in [1.807, 2.05) is 0 Å². The zero-order valence-electron chi connectivity index (χ0n) is 64.3. The maximum Gasteiger partial charge on any atom is 0.472 e. The predicted molar refractivity (Wildman–Crippen MR) is 418 cm³/mol. The highest BCUT2D eigenvalue weighted by molar-refractivity contribution is 7.47. The molecule has 17 nitrogen and oxygen atoms in total. The number of esters is 4. The van der Waals surface area contributed by atoms with Crippen molar-refractivity contribution in [2.45, 2.75) is 354 Å². The molecule has 19 heteroatoms. The summed E-state index contributed by atoms with van der Waals surface area (Å²) in [5, 5.41) is 10.6. The van der Waals surface area contributed by atoms with E-state index in [2.05, 4.69) is 137 Å². The van der Waals surface area contributed by atoms with E-state index < -0.39 is 97.5 Å². The van der Waals surface area contributed by atoms with Gasteiger partial charge in [-0.15, -0.1) is 0 Å². The van der Waals surface area contributed by atoms with Crippen LogP contribution in [-0.4, -0.2) is 96.7 Å². The zero-order chi connectivity index (χ0) is 74.6. The first-order chi connectivity index (χ1) is 49.7. The number of phosphoric acid groups is 2. The van der Waals surface area contributed by atoms with Gasteiger partial charge in [-0.3, -0.25) is 37.3 Å². The van der Waals surface area contributed by atoms with Crippen molar-refractivity contribution in [3.05, 3.63) is 109 Å². The number of allylic oxidation sites excluding steroid dienone is 18.